The highest BCUT2D eigenvalue weighted by Gasteiger charge is 2.23. The number of aromatic nitrogens is 2. The highest BCUT2D eigenvalue weighted by molar-refractivity contribution is 7.91. The van der Waals surface area contributed by atoms with Crippen molar-refractivity contribution < 1.29 is 8.42 Å². The first-order chi connectivity index (χ1) is 13.3. The fourth-order valence-corrected chi connectivity index (χ4v) is 5.67. The fraction of sp³-hybridized carbons (Fsp3) is 0.579. The normalized spacial score (nSPS) is 16.7. The van der Waals surface area contributed by atoms with Gasteiger partial charge < -0.3 is 4.90 Å². The highest BCUT2D eigenvalue weighted by atomic mass is 32.2. The molecule has 1 aliphatic heterocycles. The number of hydrogen-bond donors (Lipinski definition) is 2. The Bertz CT molecular complexity index is 908. The molecule has 3 heterocycles. The van der Waals surface area contributed by atoms with E-state index in [0.717, 1.165) is 43.8 Å². The molecule has 3 rings (SSSR count). The molecule has 1 saturated heterocycles. The molecule has 2 aromatic rings. The molecule has 1 fully saturated rings. The minimum atomic E-state index is -3.53. The molecule has 0 aliphatic carbocycles. The van der Waals surface area contributed by atoms with E-state index in [1.54, 1.807) is 18.2 Å². The molecule has 7 nitrogen and oxygen atoms in total. The van der Waals surface area contributed by atoms with Gasteiger partial charge in [-0.3, -0.25) is 4.79 Å². The van der Waals surface area contributed by atoms with Crippen molar-refractivity contribution in [3.8, 4) is 10.6 Å². The Hall–Kier alpha value is -1.55. The van der Waals surface area contributed by atoms with Crippen LogP contribution in [0.3, 0.4) is 0 Å². The zero-order chi connectivity index (χ0) is 20.1. The second kappa shape index (κ2) is 9.30. The van der Waals surface area contributed by atoms with Gasteiger partial charge in [0.1, 0.15) is 9.90 Å². The highest BCUT2D eigenvalue weighted by Crippen LogP contribution is 2.29. The van der Waals surface area contributed by atoms with Gasteiger partial charge in [-0.1, -0.05) is 13.8 Å². The second-order valence-corrected chi connectivity index (χ2v) is 10.8. The predicted octanol–water partition coefficient (Wildman–Crippen LogP) is 2.53. The van der Waals surface area contributed by atoms with Crippen molar-refractivity contribution in [1.82, 2.24) is 19.8 Å². The van der Waals surface area contributed by atoms with E-state index < -0.39 is 10.0 Å². The van der Waals surface area contributed by atoms with Crippen molar-refractivity contribution >= 4 is 21.4 Å². The molecule has 9 heteroatoms. The molecule has 0 bridgehead atoms. The molecular weight excluding hydrogens is 396 g/mol. The van der Waals surface area contributed by atoms with Gasteiger partial charge in [0.2, 0.25) is 10.0 Å². The minimum Gasteiger partial charge on any atom is -0.303 e. The number of nitrogens with zero attached hydrogens (tertiary/aromatic N) is 2. The average Bonchev–Trinajstić information content (AvgIpc) is 3.17. The minimum absolute atomic E-state index is 0.268. The molecule has 0 radical (unpaired) electrons. The smallest absolute Gasteiger partial charge is 0.264 e. The Labute approximate surface area is 170 Å². The maximum atomic E-state index is 12.6. The maximum absolute atomic E-state index is 12.6. The molecule has 154 valence electrons. The molecular formula is C19H28N4O3S2. The zero-order valence-electron chi connectivity index (χ0n) is 16.3. The summed E-state index contributed by atoms with van der Waals surface area (Å²) in [4.78, 5) is 14.3. The number of thiophene rings is 1. The molecule has 0 saturated carbocycles. The molecule has 2 N–H and O–H groups in total. The van der Waals surface area contributed by atoms with Gasteiger partial charge in [-0.15, -0.1) is 11.3 Å². The molecule has 0 atom stereocenters. The second-order valence-electron chi connectivity index (χ2n) is 7.74. The average molecular weight is 425 g/mol. The molecule has 1 aliphatic rings. The first kappa shape index (κ1) is 21.2. The van der Waals surface area contributed by atoms with Crippen LogP contribution in [0, 0.1) is 11.8 Å². The Morgan fingerprint density at radius 2 is 2.00 bits per heavy atom. The standard InChI is InChI=1S/C19H28N4O3S2/c1-14(2)7-10-23-11-8-15(9-12-23)13-20-28(25,26)19-6-4-17(27-19)16-3-5-18(24)22-21-16/h3-6,14-15,20H,7-13H2,1-2H3,(H,22,24). The molecule has 2 aromatic heterocycles. The monoisotopic (exact) mass is 424 g/mol. The maximum Gasteiger partial charge on any atom is 0.264 e. The van der Waals surface area contributed by atoms with Gasteiger partial charge in [-0.25, -0.2) is 18.2 Å². The summed E-state index contributed by atoms with van der Waals surface area (Å²) < 4.78 is 28.3. The van der Waals surface area contributed by atoms with Crippen LogP contribution in [0.5, 0.6) is 0 Å². The van der Waals surface area contributed by atoms with Gasteiger partial charge in [0.25, 0.3) is 5.56 Å². The van der Waals surface area contributed by atoms with Crippen molar-refractivity contribution in [2.45, 2.75) is 37.3 Å². The molecule has 28 heavy (non-hydrogen) atoms. The van der Waals surface area contributed by atoms with Crippen LogP contribution >= 0.6 is 11.3 Å². The Morgan fingerprint density at radius 3 is 2.64 bits per heavy atom. The van der Waals surface area contributed by atoms with Crippen LogP contribution in [0.25, 0.3) is 10.6 Å². The molecule has 0 aromatic carbocycles. The lowest BCUT2D eigenvalue weighted by Crippen LogP contribution is -2.39. The summed E-state index contributed by atoms with van der Waals surface area (Å²) in [6.45, 7) is 8.17. The summed E-state index contributed by atoms with van der Waals surface area (Å²) in [5.41, 5.74) is 0.268. The van der Waals surface area contributed by atoms with Crippen LogP contribution in [-0.2, 0) is 10.0 Å². The van der Waals surface area contributed by atoms with Crippen LogP contribution in [0.1, 0.15) is 33.1 Å². The predicted molar refractivity (Wildman–Crippen MR) is 112 cm³/mol. The Morgan fingerprint density at radius 1 is 1.25 bits per heavy atom. The topological polar surface area (TPSA) is 95.2 Å². The number of H-pyrrole nitrogens is 1. The van der Waals surface area contributed by atoms with E-state index in [9.17, 15) is 13.2 Å². The third kappa shape index (κ3) is 5.73. The van der Waals surface area contributed by atoms with E-state index in [4.69, 9.17) is 0 Å². The third-order valence-corrected chi connectivity index (χ3v) is 8.09. The van der Waals surface area contributed by atoms with E-state index in [2.05, 4.69) is 33.7 Å². The van der Waals surface area contributed by atoms with E-state index >= 15 is 0 Å². The molecule has 0 amide bonds. The summed E-state index contributed by atoms with van der Waals surface area (Å²) in [5.74, 6) is 1.09. The van der Waals surface area contributed by atoms with Crippen LogP contribution in [0.4, 0.5) is 0 Å². The summed E-state index contributed by atoms with van der Waals surface area (Å²) >= 11 is 1.15. The van der Waals surface area contributed by atoms with E-state index in [0.29, 0.717) is 29.0 Å². The van der Waals surface area contributed by atoms with Crippen LogP contribution < -0.4 is 10.3 Å². The SMILES string of the molecule is CC(C)CCN1CCC(CNS(=O)(=O)c2ccc(-c3ccc(=O)[nH]n3)s2)CC1. The Balaban J connectivity index is 1.52. The van der Waals surface area contributed by atoms with Crippen LogP contribution in [0.15, 0.2) is 33.3 Å². The summed E-state index contributed by atoms with van der Waals surface area (Å²) in [7, 11) is -3.53. The molecule has 0 unspecified atom stereocenters. The third-order valence-electron chi connectivity index (χ3n) is 5.07. The number of hydrogen-bond acceptors (Lipinski definition) is 6. The Kier molecular flexibility index (Phi) is 7.03. The van der Waals surface area contributed by atoms with Gasteiger partial charge in [0.05, 0.1) is 4.88 Å². The first-order valence-corrected chi connectivity index (χ1v) is 12.0. The number of rotatable bonds is 8. The van der Waals surface area contributed by atoms with Crippen molar-refractivity contribution in [1.29, 1.82) is 0 Å². The van der Waals surface area contributed by atoms with E-state index in [1.807, 2.05) is 0 Å². The fourth-order valence-electron chi connectivity index (χ4n) is 3.24. The lowest BCUT2D eigenvalue weighted by molar-refractivity contribution is 0.178. The number of nitrogens with one attached hydrogen (secondary N) is 2. The van der Waals surface area contributed by atoms with Gasteiger partial charge in [0, 0.05) is 12.6 Å². The van der Waals surface area contributed by atoms with Gasteiger partial charge >= 0.3 is 0 Å². The zero-order valence-corrected chi connectivity index (χ0v) is 18.0. The quantitative estimate of drug-likeness (QED) is 0.679. The number of aromatic amines is 1. The lowest BCUT2D eigenvalue weighted by atomic mass is 9.96. The summed E-state index contributed by atoms with van der Waals surface area (Å²) in [5, 5.41) is 6.31. The summed E-state index contributed by atoms with van der Waals surface area (Å²) in [6, 6.07) is 6.26. The van der Waals surface area contributed by atoms with E-state index in [-0.39, 0.29) is 9.77 Å². The van der Waals surface area contributed by atoms with Crippen molar-refractivity contribution in [2.75, 3.05) is 26.2 Å². The molecule has 0 spiro atoms. The lowest BCUT2D eigenvalue weighted by Gasteiger charge is -2.32. The van der Waals surface area contributed by atoms with E-state index in [1.165, 1.54) is 12.5 Å². The van der Waals surface area contributed by atoms with Gasteiger partial charge in [0.15, 0.2) is 0 Å². The van der Waals surface area contributed by atoms with Crippen molar-refractivity contribution in [3.05, 3.63) is 34.6 Å². The summed E-state index contributed by atoms with van der Waals surface area (Å²) in [6.07, 6.45) is 3.26. The van der Waals surface area contributed by atoms with Gasteiger partial charge in [-0.05, 0) is 68.9 Å². The van der Waals surface area contributed by atoms with Crippen LogP contribution in [-0.4, -0.2) is 49.7 Å². The first-order valence-electron chi connectivity index (χ1n) is 9.71. The van der Waals surface area contributed by atoms with Crippen LogP contribution in [0.2, 0.25) is 0 Å². The number of likely N-dealkylation sites (tertiary alicyclic amines) is 1. The number of piperidine rings is 1. The van der Waals surface area contributed by atoms with Crippen molar-refractivity contribution in [2.24, 2.45) is 11.8 Å². The van der Waals surface area contributed by atoms with Gasteiger partial charge in [-0.2, -0.15) is 5.10 Å². The number of sulfonamides is 1. The largest absolute Gasteiger partial charge is 0.303 e. The van der Waals surface area contributed by atoms with Crippen molar-refractivity contribution in [3.63, 3.8) is 0 Å².